The van der Waals surface area contributed by atoms with E-state index in [0.29, 0.717) is 10.5 Å². The normalized spacial score (nSPS) is 11.6. The Balaban J connectivity index is 1.89. The van der Waals surface area contributed by atoms with E-state index < -0.39 is 11.6 Å². The maximum Gasteiger partial charge on any atom is 0.375 e. The first-order valence-corrected chi connectivity index (χ1v) is 7.36. The van der Waals surface area contributed by atoms with E-state index in [2.05, 4.69) is 5.16 Å². The molecule has 3 rings (SSSR count). The van der Waals surface area contributed by atoms with Gasteiger partial charge in [0.2, 0.25) is 0 Å². The lowest BCUT2D eigenvalue weighted by molar-refractivity contribution is 0.0522. The van der Waals surface area contributed by atoms with Crippen molar-refractivity contribution in [1.82, 2.24) is 0 Å². The van der Waals surface area contributed by atoms with Gasteiger partial charge in [0, 0.05) is 5.39 Å². The number of benzene rings is 1. The van der Waals surface area contributed by atoms with Gasteiger partial charge in [-0.1, -0.05) is 29.4 Å². The summed E-state index contributed by atoms with van der Waals surface area (Å²) in [6, 6.07) is 12.2. The van der Waals surface area contributed by atoms with Gasteiger partial charge in [-0.15, -0.1) is 11.3 Å². The SMILES string of the molecule is C/C(=N\OC(=O)c1cccs1)c1cc2ccccc2oc1=O. The Morgan fingerprint density at radius 3 is 2.82 bits per heavy atom. The summed E-state index contributed by atoms with van der Waals surface area (Å²) in [6.07, 6.45) is 0. The second kappa shape index (κ2) is 5.95. The van der Waals surface area contributed by atoms with Gasteiger partial charge in [-0.3, -0.25) is 0 Å². The maximum atomic E-state index is 12.0. The molecule has 0 unspecified atom stereocenters. The van der Waals surface area contributed by atoms with Crippen LogP contribution in [0.5, 0.6) is 0 Å². The molecular weight excluding hydrogens is 302 g/mol. The Morgan fingerprint density at radius 2 is 2.05 bits per heavy atom. The van der Waals surface area contributed by atoms with Crippen molar-refractivity contribution in [3.63, 3.8) is 0 Å². The molecule has 5 nitrogen and oxygen atoms in total. The van der Waals surface area contributed by atoms with Gasteiger partial charge in [0.25, 0.3) is 0 Å². The predicted molar refractivity (Wildman–Crippen MR) is 84.4 cm³/mol. The van der Waals surface area contributed by atoms with Crippen molar-refractivity contribution in [2.75, 3.05) is 0 Å². The van der Waals surface area contributed by atoms with Gasteiger partial charge in [-0.05, 0) is 30.5 Å². The Morgan fingerprint density at radius 1 is 1.23 bits per heavy atom. The first-order chi connectivity index (χ1) is 10.6. The Kier molecular flexibility index (Phi) is 3.84. The fraction of sp³-hybridized carbons (Fsp3) is 0.0625. The van der Waals surface area contributed by atoms with Crippen LogP contribution >= 0.6 is 11.3 Å². The zero-order valence-corrected chi connectivity index (χ0v) is 12.4. The van der Waals surface area contributed by atoms with Gasteiger partial charge in [0.1, 0.15) is 10.5 Å². The second-order valence-corrected chi connectivity index (χ2v) is 5.47. The van der Waals surface area contributed by atoms with E-state index in [-0.39, 0.29) is 11.3 Å². The summed E-state index contributed by atoms with van der Waals surface area (Å²) in [5.41, 5.74) is 0.522. The molecule has 2 heterocycles. The number of para-hydroxylation sites is 1. The van der Waals surface area contributed by atoms with Crippen molar-refractivity contribution >= 4 is 34.0 Å². The molecule has 2 aromatic heterocycles. The average molecular weight is 313 g/mol. The van der Waals surface area contributed by atoms with Crippen molar-refractivity contribution in [1.29, 1.82) is 0 Å². The maximum absolute atomic E-state index is 12.0. The molecule has 0 aliphatic carbocycles. The molecule has 0 fully saturated rings. The van der Waals surface area contributed by atoms with E-state index in [4.69, 9.17) is 9.25 Å². The number of rotatable bonds is 3. The highest BCUT2D eigenvalue weighted by Crippen LogP contribution is 2.14. The molecule has 110 valence electrons. The zero-order valence-electron chi connectivity index (χ0n) is 11.6. The van der Waals surface area contributed by atoms with Crippen molar-refractivity contribution < 1.29 is 14.0 Å². The van der Waals surface area contributed by atoms with Gasteiger partial charge >= 0.3 is 11.6 Å². The number of fused-ring (bicyclic) bond motifs is 1. The van der Waals surface area contributed by atoms with Crippen LogP contribution in [0.15, 0.2) is 62.2 Å². The van der Waals surface area contributed by atoms with Gasteiger partial charge in [-0.2, -0.15) is 0 Å². The highest BCUT2D eigenvalue weighted by Gasteiger charge is 2.11. The highest BCUT2D eigenvalue weighted by atomic mass is 32.1. The highest BCUT2D eigenvalue weighted by molar-refractivity contribution is 7.11. The van der Waals surface area contributed by atoms with Gasteiger partial charge in [-0.25, -0.2) is 9.59 Å². The number of carbonyl (C=O) groups is 1. The first kappa shape index (κ1) is 14.2. The van der Waals surface area contributed by atoms with Gasteiger partial charge in [0.05, 0.1) is 11.3 Å². The molecule has 0 aliphatic rings. The van der Waals surface area contributed by atoms with Gasteiger partial charge < -0.3 is 9.25 Å². The largest absolute Gasteiger partial charge is 0.422 e. The monoisotopic (exact) mass is 313 g/mol. The number of nitrogens with zero attached hydrogens (tertiary/aromatic N) is 1. The van der Waals surface area contributed by atoms with E-state index >= 15 is 0 Å². The third-order valence-corrected chi connectivity index (χ3v) is 3.87. The molecule has 0 bridgehead atoms. The Bertz CT molecular complexity index is 909. The van der Waals surface area contributed by atoms with Crippen LogP contribution in [-0.2, 0) is 4.84 Å². The lowest BCUT2D eigenvalue weighted by Gasteiger charge is -2.01. The zero-order chi connectivity index (χ0) is 15.5. The van der Waals surface area contributed by atoms with Crippen molar-refractivity contribution in [3.05, 3.63) is 68.7 Å². The topological polar surface area (TPSA) is 68.9 Å². The quantitative estimate of drug-likeness (QED) is 0.321. The van der Waals surface area contributed by atoms with E-state index in [1.165, 1.54) is 11.3 Å². The molecule has 0 N–H and O–H groups in total. The van der Waals surface area contributed by atoms with Gasteiger partial charge in [0.15, 0.2) is 0 Å². The molecule has 6 heteroatoms. The first-order valence-electron chi connectivity index (χ1n) is 6.48. The van der Waals surface area contributed by atoms with Crippen LogP contribution in [0.3, 0.4) is 0 Å². The van der Waals surface area contributed by atoms with E-state index in [9.17, 15) is 9.59 Å². The van der Waals surface area contributed by atoms with E-state index in [0.717, 1.165) is 5.39 Å². The number of hydrogen-bond donors (Lipinski definition) is 0. The molecule has 0 atom stereocenters. The van der Waals surface area contributed by atoms with Crippen molar-refractivity contribution in [2.45, 2.75) is 6.92 Å². The minimum atomic E-state index is -0.556. The van der Waals surface area contributed by atoms with Crippen LogP contribution in [0.25, 0.3) is 11.0 Å². The molecule has 1 aromatic carbocycles. The summed E-state index contributed by atoms with van der Waals surface area (Å²) in [5.74, 6) is -0.556. The number of hydrogen-bond acceptors (Lipinski definition) is 6. The number of oxime groups is 1. The fourth-order valence-electron chi connectivity index (χ4n) is 1.91. The predicted octanol–water partition coefficient (Wildman–Crippen LogP) is 3.44. The van der Waals surface area contributed by atoms with Crippen LogP contribution < -0.4 is 5.63 Å². The lowest BCUT2D eigenvalue weighted by Crippen LogP contribution is -2.13. The summed E-state index contributed by atoms with van der Waals surface area (Å²) in [5, 5.41) is 6.27. The molecule has 3 aromatic rings. The minimum absolute atomic E-state index is 0.262. The molecule has 0 saturated heterocycles. The summed E-state index contributed by atoms with van der Waals surface area (Å²) < 4.78 is 5.22. The van der Waals surface area contributed by atoms with Crippen LogP contribution in [0.2, 0.25) is 0 Å². The molecule has 22 heavy (non-hydrogen) atoms. The Labute approximate surface area is 129 Å². The third-order valence-electron chi connectivity index (χ3n) is 3.02. The molecule has 0 spiro atoms. The second-order valence-electron chi connectivity index (χ2n) is 4.52. The summed E-state index contributed by atoms with van der Waals surface area (Å²) in [6.45, 7) is 1.59. The summed E-state index contributed by atoms with van der Waals surface area (Å²) in [7, 11) is 0. The lowest BCUT2D eigenvalue weighted by atomic mass is 10.1. The third kappa shape index (κ3) is 2.82. The number of carbonyl (C=O) groups excluding carboxylic acids is 1. The average Bonchev–Trinajstić information content (AvgIpc) is 3.06. The molecule has 0 radical (unpaired) electrons. The Hall–Kier alpha value is -2.73. The van der Waals surface area contributed by atoms with Crippen LogP contribution in [0, 0.1) is 0 Å². The van der Waals surface area contributed by atoms with Crippen LogP contribution in [0.4, 0.5) is 0 Å². The summed E-state index contributed by atoms with van der Waals surface area (Å²) >= 11 is 1.26. The number of thiophene rings is 1. The van der Waals surface area contributed by atoms with Crippen LogP contribution in [-0.4, -0.2) is 11.7 Å². The summed E-state index contributed by atoms with van der Waals surface area (Å²) in [4.78, 5) is 29.0. The van der Waals surface area contributed by atoms with Crippen LogP contribution in [0.1, 0.15) is 22.2 Å². The standard InChI is InChI=1S/C16H11NO4S/c1-10(17-21-16(19)14-7-4-8-22-14)12-9-11-5-2-3-6-13(11)20-15(12)18/h2-9H,1H3/b17-10+. The van der Waals surface area contributed by atoms with Crippen molar-refractivity contribution in [2.24, 2.45) is 5.16 Å². The van der Waals surface area contributed by atoms with E-state index in [1.807, 2.05) is 12.1 Å². The molecule has 0 amide bonds. The van der Waals surface area contributed by atoms with E-state index in [1.54, 1.807) is 42.6 Å². The molecule has 0 saturated carbocycles. The fourth-order valence-corrected chi connectivity index (χ4v) is 2.51. The smallest absolute Gasteiger partial charge is 0.375 e. The molecule has 0 aliphatic heterocycles. The minimum Gasteiger partial charge on any atom is -0.422 e. The molecular formula is C16H11NO4S. The van der Waals surface area contributed by atoms with Crippen molar-refractivity contribution in [3.8, 4) is 0 Å².